The molecule has 0 saturated heterocycles. The van der Waals surface area contributed by atoms with Crippen molar-refractivity contribution in [2.24, 2.45) is 0 Å². The highest BCUT2D eigenvalue weighted by molar-refractivity contribution is 5.56. The first-order valence-electron chi connectivity index (χ1n) is 4.72. The summed E-state index contributed by atoms with van der Waals surface area (Å²) < 4.78 is 0. The molecule has 0 aliphatic carbocycles. The van der Waals surface area contributed by atoms with E-state index in [1.165, 1.54) is 11.1 Å². The van der Waals surface area contributed by atoms with Gasteiger partial charge in [0.25, 0.3) is 0 Å². The molecule has 74 valence electrons. The molecular weight excluding hydrogens is 172 g/mol. The van der Waals surface area contributed by atoms with Gasteiger partial charge in [-0.2, -0.15) is 5.26 Å². The molecule has 1 N–H and O–H groups in total. The topological polar surface area (TPSA) is 35.8 Å². The van der Waals surface area contributed by atoms with Crippen molar-refractivity contribution in [1.82, 2.24) is 0 Å². The minimum atomic E-state index is -0.515. The van der Waals surface area contributed by atoms with E-state index in [1.807, 2.05) is 26.0 Å². The van der Waals surface area contributed by atoms with Crippen LogP contribution in [0.15, 0.2) is 18.2 Å². The molecule has 0 radical (unpaired) electrons. The van der Waals surface area contributed by atoms with Crippen LogP contribution in [-0.2, 0) is 0 Å². The molecule has 0 aromatic heterocycles. The van der Waals surface area contributed by atoms with Gasteiger partial charge in [-0.25, -0.2) is 0 Å². The van der Waals surface area contributed by atoms with Gasteiger partial charge >= 0.3 is 0 Å². The van der Waals surface area contributed by atoms with Crippen LogP contribution in [-0.4, -0.2) is 5.54 Å². The zero-order chi connectivity index (χ0) is 10.8. The van der Waals surface area contributed by atoms with E-state index in [0.29, 0.717) is 0 Å². The second-order valence-electron chi connectivity index (χ2n) is 4.11. The molecule has 0 atom stereocenters. The van der Waals surface area contributed by atoms with Crippen molar-refractivity contribution in [3.05, 3.63) is 29.3 Å². The zero-order valence-electron chi connectivity index (χ0n) is 9.18. The summed E-state index contributed by atoms with van der Waals surface area (Å²) in [4.78, 5) is 0. The standard InChI is InChI=1S/C12H16N2/c1-9-6-5-7-11(10(9)2)14-12(3,4)8-13/h5-7,14H,1-4H3. The van der Waals surface area contributed by atoms with Crippen LogP contribution in [0.4, 0.5) is 5.69 Å². The van der Waals surface area contributed by atoms with Gasteiger partial charge < -0.3 is 5.32 Å². The maximum Gasteiger partial charge on any atom is 0.119 e. The number of anilines is 1. The minimum absolute atomic E-state index is 0.515. The smallest absolute Gasteiger partial charge is 0.119 e. The van der Waals surface area contributed by atoms with Crippen LogP contribution in [0.5, 0.6) is 0 Å². The highest BCUT2D eigenvalue weighted by Gasteiger charge is 2.16. The highest BCUT2D eigenvalue weighted by Crippen LogP contribution is 2.21. The third-order valence-corrected chi connectivity index (χ3v) is 2.33. The van der Waals surface area contributed by atoms with E-state index in [0.717, 1.165) is 5.69 Å². The molecule has 0 aliphatic heterocycles. The van der Waals surface area contributed by atoms with Crippen LogP contribution >= 0.6 is 0 Å². The largest absolute Gasteiger partial charge is 0.368 e. The van der Waals surface area contributed by atoms with E-state index in [4.69, 9.17) is 5.26 Å². The van der Waals surface area contributed by atoms with Crippen LogP contribution in [0.1, 0.15) is 25.0 Å². The third kappa shape index (κ3) is 2.26. The quantitative estimate of drug-likeness (QED) is 0.774. The molecule has 1 rings (SSSR count). The van der Waals surface area contributed by atoms with E-state index in [-0.39, 0.29) is 0 Å². The number of hydrogen-bond donors (Lipinski definition) is 1. The summed E-state index contributed by atoms with van der Waals surface area (Å²) >= 11 is 0. The van der Waals surface area contributed by atoms with Crippen LogP contribution in [0.25, 0.3) is 0 Å². The van der Waals surface area contributed by atoms with E-state index in [2.05, 4.69) is 31.3 Å². The molecule has 0 amide bonds. The van der Waals surface area contributed by atoms with Crippen LogP contribution in [0, 0.1) is 25.2 Å². The van der Waals surface area contributed by atoms with Crippen molar-refractivity contribution < 1.29 is 0 Å². The van der Waals surface area contributed by atoms with Crippen molar-refractivity contribution in [2.75, 3.05) is 5.32 Å². The molecule has 0 spiro atoms. The summed E-state index contributed by atoms with van der Waals surface area (Å²) in [6, 6.07) is 8.29. The first-order chi connectivity index (χ1) is 6.46. The minimum Gasteiger partial charge on any atom is -0.368 e. The maximum atomic E-state index is 8.90. The lowest BCUT2D eigenvalue weighted by atomic mass is 10.0. The second kappa shape index (κ2) is 3.71. The van der Waals surface area contributed by atoms with E-state index in [9.17, 15) is 0 Å². The predicted molar refractivity (Wildman–Crippen MR) is 59.2 cm³/mol. The van der Waals surface area contributed by atoms with Crippen molar-refractivity contribution in [3.8, 4) is 6.07 Å². The number of rotatable bonds is 2. The number of nitriles is 1. The van der Waals surface area contributed by atoms with E-state index in [1.54, 1.807) is 0 Å². The Kier molecular flexibility index (Phi) is 2.81. The molecule has 0 saturated carbocycles. The Balaban J connectivity index is 3.00. The number of hydrogen-bond acceptors (Lipinski definition) is 2. The fourth-order valence-corrected chi connectivity index (χ4v) is 1.25. The Morgan fingerprint density at radius 1 is 1.29 bits per heavy atom. The van der Waals surface area contributed by atoms with E-state index < -0.39 is 5.54 Å². The van der Waals surface area contributed by atoms with Gasteiger partial charge in [-0.15, -0.1) is 0 Å². The van der Waals surface area contributed by atoms with Crippen molar-refractivity contribution >= 4 is 5.69 Å². The Bertz CT molecular complexity index is 372. The van der Waals surface area contributed by atoms with Gasteiger partial charge in [-0.3, -0.25) is 0 Å². The third-order valence-electron chi connectivity index (χ3n) is 2.33. The fourth-order valence-electron chi connectivity index (χ4n) is 1.25. The molecule has 0 unspecified atom stereocenters. The second-order valence-corrected chi connectivity index (χ2v) is 4.11. The van der Waals surface area contributed by atoms with Crippen molar-refractivity contribution in [2.45, 2.75) is 33.2 Å². The summed E-state index contributed by atoms with van der Waals surface area (Å²) in [7, 11) is 0. The Morgan fingerprint density at radius 3 is 2.50 bits per heavy atom. The first-order valence-corrected chi connectivity index (χ1v) is 4.72. The number of nitrogens with zero attached hydrogens (tertiary/aromatic N) is 1. The highest BCUT2D eigenvalue weighted by atomic mass is 15.0. The molecular formula is C12H16N2. The van der Waals surface area contributed by atoms with Gasteiger partial charge in [0.1, 0.15) is 5.54 Å². The van der Waals surface area contributed by atoms with Gasteiger partial charge in [0.05, 0.1) is 6.07 Å². The summed E-state index contributed by atoms with van der Waals surface area (Å²) in [5, 5.41) is 12.1. The summed E-state index contributed by atoms with van der Waals surface area (Å²) in [5.74, 6) is 0. The summed E-state index contributed by atoms with van der Waals surface area (Å²) in [5.41, 5.74) is 2.97. The SMILES string of the molecule is Cc1cccc(NC(C)(C)C#N)c1C. The summed E-state index contributed by atoms with van der Waals surface area (Å²) in [6.07, 6.45) is 0. The van der Waals surface area contributed by atoms with Gasteiger partial charge in [0, 0.05) is 5.69 Å². The molecule has 0 heterocycles. The first kappa shape index (κ1) is 10.6. The molecule has 1 aromatic carbocycles. The van der Waals surface area contributed by atoms with Gasteiger partial charge in [-0.05, 0) is 44.9 Å². The molecule has 0 fully saturated rings. The molecule has 14 heavy (non-hydrogen) atoms. The Hall–Kier alpha value is -1.49. The van der Waals surface area contributed by atoms with Crippen molar-refractivity contribution in [3.63, 3.8) is 0 Å². The van der Waals surface area contributed by atoms with Crippen LogP contribution in [0.2, 0.25) is 0 Å². The lowest BCUT2D eigenvalue weighted by Crippen LogP contribution is -2.28. The van der Waals surface area contributed by atoms with Gasteiger partial charge in [-0.1, -0.05) is 12.1 Å². The molecule has 2 heteroatoms. The monoisotopic (exact) mass is 188 g/mol. The molecule has 0 aliphatic rings. The predicted octanol–water partition coefficient (Wildman–Crippen LogP) is 3.02. The number of aryl methyl sites for hydroxylation is 1. The average molecular weight is 188 g/mol. The van der Waals surface area contributed by atoms with Gasteiger partial charge in [0.2, 0.25) is 0 Å². The van der Waals surface area contributed by atoms with E-state index >= 15 is 0 Å². The van der Waals surface area contributed by atoms with Crippen molar-refractivity contribution in [1.29, 1.82) is 5.26 Å². The molecule has 2 nitrogen and oxygen atoms in total. The number of benzene rings is 1. The van der Waals surface area contributed by atoms with Gasteiger partial charge in [0.15, 0.2) is 0 Å². The normalized spacial score (nSPS) is 10.8. The molecule has 1 aromatic rings. The van der Waals surface area contributed by atoms with Crippen LogP contribution < -0.4 is 5.32 Å². The fraction of sp³-hybridized carbons (Fsp3) is 0.417. The Labute approximate surface area is 85.6 Å². The Morgan fingerprint density at radius 2 is 1.93 bits per heavy atom. The summed E-state index contributed by atoms with van der Waals surface area (Å²) in [6.45, 7) is 7.87. The maximum absolute atomic E-state index is 8.90. The molecule has 0 bridgehead atoms. The lowest BCUT2D eigenvalue weighted by Gasteiger charge is -2.21. The lowest BCUT2D eigenvalue weighted by molar-refractivity contribution is 0.727. The zero-order valence-corrected chi connectivity index (χ0v) is 9.18. The average Bonchev–Trinajstić information content (AvgIpc) is 2.13. The van der Waals surface area contributed by atoms with Crippen LogP contribution in [0.3, 0.4) is 0 Å². The number of nitrogens with one attached hydrogen (secondary N) is 1.